The highest BCUT2D eigenvalue weighted by atomic mass is 79.9. The minimum atomic E-state index is 0.480. The van der Waals surface area contributed by atoms with Crippen LogP contribution in [-0.2, 0) is 12.8 Å². The van der Waals surface area contributed by atoms with Gasteiger partial charge in [-0.1, -0.05) is 31.2 Å². The lowest BCUT2D eigenvalue weighted by Gasteiger charge is -2.23. The number of halogens is 1. The molecule has 1 aromatic carbocycles. The van der Waals surface area contributed by atoms with Gasteiger partial charge in [0.1, 0.15) is 0 Å². The molecule has 0 aliphatic heterocycles. The lowest BCUT2D eigenvalue weighted by Crippen LogP contribution is -2.28. The van der Waals surface area contributed by atoms with Crippen molar-refractivity contribution in [2.75, 3.05) is 6.54 Å². The molecule has 100 valence electrons. The molecule has 0 saturated carbocycles. The maximum absolute atomic E-state index is 3.68. The summed E-state index contributed by atoms with van der Waals surface area (Å²) in [5.74, 6) is 0.683. The molecule has 1 unspecified atom stereocenters. The van der Waals surface area contributed by atoms with Crippen molar-refractivity contribution in [2.24, 2.45) is 5.92 Å². The first kappa shape index (κ1) is 13.3. The second kappa shape index (κ2) is 5.78. The number of fused-ring (bicyclic) bond motifs is 1. The Morgan fingerprint density at radius 2 is 1.89 bits per heavy atom. The second-order valence-electron chi connectivity index (χ2n) is 5.11. The number of hydrogen-bond acceptors (Lipinski definition) is 2. The van der Waals surface area contributed by atoms with Gasteiger partial charge in [0.05, 0.1) is 3.79 Å². The molecule has 1 heterocycles. The van der Waals surface area contributed by atoms with E-state index >= 15 is 0 Å². The molecule has 3 heteroatoms. The second-order valence-corrected chi connectivity index (χ2v) is 7.61. The van der Waals surface area contributed by atoms with Crippen molar-refractivity contribution >= 4 is 27.3 Å². The SMILES string of the molecule is CCNC(c1ccc(Br)s1)C1Cc2ccccc2C1. The quantitative estimate of drug-likeness (QED) is 0.862. The van der Waals surface area contributed by atoms with Gasteiger partial charge < -0.3 is 5.32 Å². The van der Waals surface area contributed by atoms with E-state index in [0.29, 0.717) is 12.0 Å². The average Bonchev–Trinajstić information content (AvgIpc) is 3.01. The molecular weight excluding hydrogens is 318 g/mol. The molecule has 1 aromatic heterocycles. The highest BCUT2D eigenvalue weighted by molar-refractivity contribution is 9.11. The molecule has 1 N–H and O–H groups in total. The van der Waals surface area contributed by atoms with E-state index in [-0.39, 0.29) is 0 Å². The largest absolute Gasteiger partial charge is 0.309 e. The van der Waals surface area contributed by atoms with E-state index < -0.39 is 0 Å². The molecule has 0 spiro atoms. The van der Waals surface area contributed by atoms with Crippen molar-refractivity contribution in [1.29, 1.82) is 0 Å². The third-order valence-electron chi connectivity index (χ3n) is 3.88. The van der Waals surface area contributed by atoms with Gasteiger partial charge >= 0.3 is 0 Å². The summed E-state index contributed by atoms with van der Waals surface area (Å²) in [6.45, 7) is 3.21. The highest BCUT2D eigenvalue weighted by Crippen LogP contribution is 2.38. The molecule has 19 heavy (non-hydrogen) atoms. The molecule has 3 rings (SSSR count). The molecule has 2 aromatic rings. The van der Waals surface area contributed by atoms with E-state index in [9.17, 15) is 0 Å². The molecule has 1 aliphatic carbocycles. The molecule has 0 bridgehead atoms. The van der Waals surface area contributed by atoms with E-state index in [2.05, 4.69) is 64.6 Å². The molecule has 1 atom stereocenters. The molecule has 1 aliphatic rings. The topological polar surface area (TPSA) is 12.0 Å². The van der Waals surface area contributed by atoms with Gasteiger partial charge in [-0.3, -0.25) is 0 Å². The Bertz CT molecular complexity index is 538. The predicted molar refractivity (Wildman–Crippen MR) is 85.8 cm³/mol. The van der Waals surface area contributed by atoms with Gasteiger partial charge in [0.25, 0.3) is 0 Å². The molecule has 1 nitrogen and oxygen atoms in total. The van der Waals surface area contributed by atoms with Crippen LogP contribution in [0.3, 0.4) is 0 Å². The van der Waals surface area contributed by atoms with Crippen LogP contribution in [0.25, 0.3) is 0 Å². The van der Waals surface area contributed by atoms with E-state index in [1.807, 2.05) is 11.3 Å². The fourth-order valence-electron chi connectivity index (χ4n) is 3.04. The van der Waals surface area contributed by atoms with Crippen LogP contribution >= 0.6 is 27.3 Å². The lowest BCUT2D eigenvalue weighted by molar-refractivity contribution is 0.386. The molecular formula is C16H18BrNS. The summed E-state index contributed by atoms with van der Waals surface area (Å²) in [6, 6.07) is 13.8. The summed E-state index contributed by atoms with van der Waals surface area (Å²) in [6.07, 6.45) is 2.40. The Kier molecular flexibility index (Phi) is 4.06. The van der Waals surface area contributed by atoms with Crippen molar-refractivity contribution in [3.05, 3.63) is 56.2 Å². The zero-order valence-electron chi connectivity index (χ0n) is 11.0. The first-order valence-corrected chi connectivity index (χ1v) is 8.44. The fourth-order valence-corrected chi connectivity index (χ4v) is 4.64. The van der Waals surface area contributed by atoms with Crippen LogP contribution in [0.2, 0.25) is 0 Å². The third-order valence-corrected chi connectivity index (χ3v) is 5.59. The minimum absolute atomic E-state index is 0.480. The van der Waals surface area contributed by atoms with Crippen LogP contribution in [-0.4, -0.2) is 6.54 Å². The van der Waals surface area contributed by atoms with Crippen LogP contribution in [0.4, 0.5) is 0 Å². The van der Waals surface area contributed by atoms with Crippen LogP contribution in [0.1, 0.15) is 29.0 Å². The number of benzene rings is 1. The molecule has 0 radical (unpaired) electrons. The van der Waals surface area contributed by atoms with Crippen molar-refractivity contribution in [3.63, 3.8) is 0 Å². The van der Waals surface area contributed by atoms with Crippen molar-refractivity contribution in [3.8, 4) is 0 Å². The minimum Gasteiger partial charge on any atom is -0.309 e. The maximum atomic E-state index is 3.68. The van der Waals surface area contributed by atoms with E-state index in [1.54, 1.807) is 0 Å². The standard InChI is InChI=1S/C16H18BrNS/c1-2-18-16(14-7-8-15(17)19-14)13-9-11-5-3-4-6-12(11)10-13/h3-8,13,16,18H,2,9-10H2,1H3. The molecule has 0 fully saturated rings. The summed E-state index contributed by atoms with van der Waals surface area (Å²) < 4.78 is 1.22. The van der Waals surface area contributed by atoms with E-state index in [4.69, 9.17) is 0 Å². The normalized spacial score (nSPS) is 16.5. The lowest BCUT2D eigenvalue weighted by atomic mass is 9.95. The average molecular weight is 336 g/mol. The van der Waals surface area contributed by atoms with Crippen molar-refractivity contribution < 1.29 is 0 Å². The van der Waals surface area contributed by atoms with Gasteiger partial charge in [0, 0.05) is 10.9 Å². The first-order chi connectivity index (χ1) is 9.28. The smallest absolute Gasteiger partial charge is 0.0701 e. The Hall–Kier alpha value is -0.640. The number of rotatable bonds is 4. The zero-order chi connectivity index (χ0) is 13.2. The zero-order valence-corrected chi connectivity index (χ0v) is 13.4. The summed E-state index contributed by atoms with van der Waals surface area (Å²) in [4.78, 5) is 1.45. The Labute approximate surface area is 127 Å². The predicted octanol–water partition coefficient (Wildman–Crippen LogP) is 4.58. The summed E-state index contributed by atoms with van der Waals surface area (Å²) in [5, 5.41) is 3.68. The van der Waals surface area contributed by atoms with Crippen molar-refractivity contribution in [1.82, 2.24) is 5.32 Å². The van der Waals surface area contributed by atoms with Gasteiger partial charge in [-0.15, -0.1) is 11.3 Å². The Morgan fingerprint density at radius 1 is 1.21 bits per heavy atom. The van der Waals surface area contributed by atoms with Crippen LogP contribution in [0.15, 0.2) is 40.2 Å². The number of nitrogens with one attached hydrogen (secondary N) is 1. The molecule has 0 saturated heterocycles. The first-order valence-electron chi connectivity index (χ1n) is 6.83. The fraction of sp³-hybridized carbons (Fsp3) is 0.375. The van der Waals surface area contributed by atoms with Crippen LogP contribution in [0, 0.1) is 5.92 Å². The summed E-state index contributed by atoms with van der Waals surface area (Å²) in [5.41, 5.74) is 3.07. The van der Waals surface area contributed by atoms with Gasteiger partial charge in [-0.25, -0.2) is 0 Å². The molecule has 0 amide bonds. The number of thiophene rings is 1. The monoisotopic (exact) mass is 335 g/mol. The van der Waals surface area contributed by atoms with Crippen LogP contribution < -0.4 is 5.32 Å². The van der Waals surface area contributed by atoms with Gasteiger partial charge in [-0.2, -0.15) is 0 Å². The van der Waals surface area contributed by atoms with Gasteiger partial charge in [0.2, 0.25) is 0 Å². The van der Waals surface area contributed by atoms with Crippen LogP contribution in [0.5, 0.6) is 0 Å². The van der Waals surface area contributed by atoms with E-state index in [1.165, 1.54) is 32.6 Å². The third kappa shape index (κ3) is 2.78. The summed E-state index contributed by atoms with van der Waals surface area (Å²) in [7, 11) is 0. The van der Waals surface area contributed by atoms with Gasteiger partial charge in [0.15, 0.2) is 0 Å². The maximum Gasteiger partial charge on any atom is 0.0701 e. The highest BCUT2D eigenvalue weighted by Gasteiger charge is 2.29. The van der Waals surface area contributed by atoms with Gasteiger partial charge in [-0.05, 0) is 64.5 Å². The van der Waals surface area contributed by atoms with E-state index in [0.717, 1.165) is 6.54 Å². The Morgan fingerprint density at radius 3 is 2.42 bits per heavy atom. The number of hydrogen-bond donors (Lipinski definition) is 1. The Balaban J connectivity index is 1.83. The van der Waals surface area contributed by atoms with Crippen molar-refractivity contribution in [2.45, 2.75) is 25.8 Å². The summed E-state index contributed by atoms with van der Waals surface area (Å²) >= 11 is 5.43.